The van der Waals surface area contributed by atoms with Crippen LogP contribution in [0.25, 0.3) is 5.95 Å². The molecule has 0 aliphatic carbocycles. The lowest BCUT2D eigenvalue weighted by molar-refractivity contribution is 0.656. The highest BCUT2D eigenvalue weighted by Crippen LogP contribution is 2.15. The van der Waals surface area contributed by atoms with E-state index in [1.54, 1.807) is 17.1 Å². The average molecular weight is 309 g/mol. The lowest BCUT2D eigenvalue weighted by atomic mass is 10.3. The first-order valence-electron chi connectivity index (χ1n) is 7.41. The number of hydrogen-bond donors (Lipinski definition) is 0. The molecule has 0 fully saturated rings. The molecule has 2 rings (SSSR count). The van der Waals surface area contributed by atoms with Gasteiger partial charge in [-0.05, 0) is 30.5 Å². The summed E-state index contributed by atoms with van der Waals surface area (Å²) in [6.45, 7) is 6.20. The van der Waals surface area contributed by atoms with Gasteiger partial charge in [0.2, 0.25) is 11.2 Å². The molecule has 6 nitrogen and oxygen atoms in total. The van der Waals surface area contributed by atoms with Gasteiger partial charge in [0.1, 0.15) is 0 Å². The molecule has 2 aromatic rings. The molecule has 0 saturated heterocycles. The van der Waals surface area contributed by atoms with Gasteiger partial charge in [-0.3, -0.25) is 0 Å². The third-order valence-corrected chi connectivity index (χ3v) is 3.31. The SMILES string of the molecule is CCCCN(CCCC)c1nc(Cl)nc(-n2cccn2)n1. The zero-order chi connectivity index (χ0) is 15.1. The molecule has 2 aromatic heterocycles. The van der Waals surface area contributed by atoms with Crippen LogP contribution >= 0.6 is 11.6 Å². The Morgan fingerprint density at radius 3 is 2.38 bits per heavy atom. The quantitative estimate of drug-likeness (QED) is 0.750. The summed E-state index contributed by atoms with van der Waals surface area (Å²) in [6, 6.07) is 1.82. The summed E-state index contributed by atoms with van der Waals surface area (Å²) in [7, 11) is 0. The zero-order valence-corrected chi connectivity index (χ0v) is 13.3. The highest BCUT2D eigenvalue weighted by molar-refractivity contribution is 6.28. The van der Waals surface area contributed by atoms with E-state index in [1.165, 1.54) is 0 Å². The van der Waals surface area contributed by atoms with Crippen molar-refractivity contribution in [3.05, 3.63) is 23.7 Å². The van der Waals surface area contributed by atoms with Crippen LogP contribution in [0.4, 0.5) is 5.95 Å². The number of hydrogen-bond acceptors (Lipinski definition) is 5. The molecule has 21 heavy (non-hydrogen) atoms. The molecular weight excluding hydrogens is 288 g/mol. The summed E-state index contributed by atoms with van der Waals surface area (Å²) in [5, 5.41) is 4.34. The predicted octanol–water partition coefficient (Wildman–Crippen LogP) is 3.12. The van der Waals surface area contributed by atoms with Gasteiger partial charge in [0.15, 0.2) is 0 Å². The Morgan fingerprint density at radius 1 is 1.10 bits per heavy atom. The van der Waals surface area contributed by atoms with Crippen LogP contribution in [0, 0.1) is 0 Å². The fourth-order valence-corrected chi connectivity index (χ4v) is 2.12. The number of anilines is 1. The van der Waals surface area contributed by atoms with E-state index in [4.69, 9.17) is 11.6 Å². The van der Waals surface area contributed by atoms with Gasteiger partial charge in [0.05, 0.1) is 0 Å². The fraction of sp³-hybridized carbons (Fsp3) is 0.571. The summed E-state index contributed by atoms with van der Waals surface area (Å²) >= 11 is 6.05. The van der Waals surface area contributed by atoms with E-state index in [-0.39, 0.29) is 5.28 Å². The van der Waals surface area contributed by atoms with Crippen LogP contribution in [0.5, 0.6) is 0 Å². The second-order valence-electron chi connectivity index (χ2n) is 4.85. The van der Waals surface area contributed by atoms with E-state index >= 15 is 0 Å². The van der Waals surface area contributed by atoms with E-state index in [9.17, 15) is 0 Å². The third-order valence-electron chi connectivity index (χ3n) is 3.14. The molecule has 0 saturated carbocycles. The molecule has 0 aliphatic rings. The number of unbranched alkanes of at least 4 members (excludes halogenated alkanes) is 2. The van der Waals surface area contributed by atoms with Crippen molar-refractivity contribution in [3.8, 4) is 5.95 Å². The Morgan fingerprint density at radius 2 is 1.81 bits per heavy atom. The lowest BCUT2D eigenvalue weighted by Crippen LogP contribution is -2.28. The minimum absolute atomic E-state index is 0.198. The predicted molar refractivity (Wildman–Crippen MR) is 84.0 cm³/mol. The highest BCUT2D eigenvalue weighted by atomic mass is 35.5. The molecule has 0 unspecified atom stereocenters. The maximum Gasteiger partial charge on any atom is 0.256 e. The third kappa shape index (κ3) is 4.39. The first-order valence-corrected chi connectivity index (χ1v) is 7.79. The van der Waals surface area contributed by atoms with E-state index in [0.717, 1.165) is 38.8 Å². The Bertz CT molecular complexity index is 534. The number of rotatable bonds is 8. The summed E-state index contributed by atoms with van der Waals surface area (Å²) in [4.78, 5) is 15.1. The van der Waals surface area contributed by atoms with Crippen molar-refractivity contribution < 1.29 is 0 Å². The summed E-state index contributed by atoms with van der Waals surface area (Å²) < 4.78 is 1.59. The Kier molecular flexibility index (Phi) is 5.92. The molecular formula is C14H21ClN6. The van der Waals surface area contributed by atoms with Gasteiger partial charge in [0, 0.05) is 25.5 Å². The first kappa shape index (κ1) is 15.7. The summed E-state index contributed by atoms with van der Waals surface area (Å²) in [5.41, 5.74) is 0. The van der Waals surface area contributed by atoms with Gasteiger partial charge in [0.25, 0.3) is 5.95 Å². The van der Waals surface area contributed by atoms with E-state index in [2.05, 4.69) is 38.8 Å². The van der Waals surface area contributed by atoms with E-state index in [1.807, 2.05) is 6.07 Å². The maximum atomic E-state index is 6.05. The van der Waals surface area contributed by atoms with E-state index in [0.29, 0.717) is 11.9 Å². The van der Waals surface area contributed by atoms with Crippen LogP contribution < -0.4 is 4.90 Å². The van der Waals surface area contributed by atoms with Crippen LogP contribution in [0.2, 0.25) is 5.28 Å². The van der Waals surface area contributed by atoms with Crippen molar-refractivity contribution in [1.29, 1.82) is 0 Å². The minimum atomic E-state index is 0.198. The van der Waals surface area contributed by atoms with Crippen molar-refractivity contribution in [2.24, 2.45) is 0 Å². The van der Waals surface area contributed by atoms with Crippen LogP contribution in [-0.4, -0.2) is 37.8 Å². The molecule has 0 aliphatic heterocycles. The Hall–Kier alpha value is -1.69. The molecule has 0 amide bonds. The smallest absolute Gasteiger partial charge is 0.256 e. The van der Waals surface area contributed by atoms with Gasteiger partial charge < -0.3 is 4.90 Å². The largest absolute Gasteiger partial charge is 0.341 e. The van der Waals surface area contributed by atoms with Gasteiger partial charge >= 0.3 is 0 Å². The molecule has 7 heteroatoms. The number of nitrogens with zero attached hydrogens (tertiary/aromatic N) is 6. The molecule has 0 atom stereocenters. The fourth-order valence-electron chi connectivity index (χ4n) is 1.97. The summed E-state index contributed by atoms with van der Waals surface area (Å²) in [5.74, 6) is 1.08. The Balaban J connectivity index is 2.26. The monoisotopic (exact) mass is 308 g/mol. The van der Waals surface area contributed by atoms with Gasteiger partial charge in [-0.2, -0.15) is 20.1 Å². The second-order valence-corrected chi connectivity index (χ2v) is 5.19. The molecule has 2 heterocycles. The molecule has 0 bridgehead atoms. The Labute approximate surface area is 130 Å². The zero-order valence-electron chi connectivity index (χ0n) is 12.5. The van der Waals surface area contributed by atoms with Crippen molar-refractivity contribution >= 4 is 17.5 Å². The second kappa shape index (κ2) is 7.93. The minimum Gasteiger partial charge on any atom is -0.341 e. The standard InChI is InChI=1S/C14H21ClN6/c1-3-5-9-20(10-6-4-2)13-17-12(15)18-14(19-13)21-11-7-8-16-21/h7-8,11H,3-6,9-10H2,1-2H3. The number of halogens is 1. The molecule has 0 N–H and O–H groups in total. The van der Waals surface area contributed by atoms with Crippen molar-refractivity contribution in [3.63, 3.8) is 0 Å². The average Bonchev–Trinajstić information content (AvgIpc) is 3.01. The van der Waals surface area contributed by atoms with Crippen molar-refractivity contribution in [1.82, 2.24) is 24.7 Å². The lowest BCUT2D eigenvalue weighted by Gasteiger charge is -2.22. The molecule has 0 spiro atoms. The molecule has 0 aromatic carbocycles. The molecule has 114 valence electrons. The van der Waals surface area contributed by atoms with Crippen molar-refractivity contribution in [2.45, 2.75) is 39.5 Å². The van der Waals surface area contributed by atoms with E-state index < -0.39 is 0 Å². The van der Waals surface area contributed by atoms with Gasteiger partial charge in [-0.15, -0.1) is 0 Å². The normalized spacial score (nSPS) is 10.8. The first-order chi connectivity index (χ1) is 10.2. The topological polar surface area (TPSA) is 59.7 Å². The van der Waals surface area contributed by atoms with Crippen LogP contribution in [0.3, 0.4) is 0 Å². The highest BCUT2D eigenvalue weighted by Gasteiger charge is 2.13. The summed E-state index contributed by atoms with van der Waals surface area (Å²) in [6.07, 6.45) is 7.94. The molecule has 0 radical (unpaired) electrons. The van der Waals surface area contributed by atoms with Crippen LogP contribution in [0.1, 0.15) is 39.5 Å². The maximum absolute atomic E-state index is 6.05. The van der Waals surface area contributed by atoms with Crippen LogP contribution in [-0.2, 0) is 0 Å². The number of aromatic nitrogens is 5. The van der Waals surface area contributed by atoms with Gasteiger partial charge in [-0.25, -0.2) is 4.68 Å². The van der Waals surface area contributed by atoms with Crippen LogP contribution in [0.15, 0.2) is 18.5 Å². The van der Waals surface area contributed by atoms with Crippen molar-refractivity contribution in [2.75, 3.05) is 18.0 Å². The van der Waals surface area contributed by atoms with Gasteiger partial charge in [-0.1, -0.05) is 26.7 Å².